The van der Waals surface area contributed by atoms with Gasteiger partial charge in [0.1, 0.15) is 18.3 Å². The lowest BCUT2D eigenvalue weighted by atomic mass is 10.1. The second kappa shape index (κ2) is 6.17. The van der Waals surface area contributed by atoms with Gasteiger partial charge in [-0.15, -0.1) is 0 Å². The van der Waals surface area contributed by atoms with E-state index in [0.717, 1.165) is 0 Å². The van der Waals surface area contributed by atoms with Crippen molar-refractivity contribution in [2.75, 3.05) is 13.7 Å². The van der Waals surface area contributed by atoms with Gasteiger partial charge in [0, 0.05) is 11.5 Å². The number of ether oxygens (including phenoxy) is 3. The Bertz CT molecular complexity index is 755. The summed E-state index contributed by atoms with van der Waals surface area (Å²) in [7, 11) is 1.38. The van der Waals surface area contributed by atoms with Gasteiger partial charge in [-0.2, -0.15) is 0 Å². The number of benzene rings is 1. The van der Waals surface area contributed by atoms with Crippen LogP contribution in [0, 0.1) is 0 Å². The Labute approximate surface area is 130 Å². The molecule has 0 spiro atoms. The lowest BCUT2D eigenvalue weighted by Gasteiger charge is -2.19. The van der Waals surface area contributed by atoms with Crippen LogP contribution in [0.3, 0.4) is 0 Å². The fourth-order valence-electron chi connectivity index (χ4n) is 2.46. The summed E-state index contributed by atoms with van der Waals surface area (Å²) in [4.78, 5) is 11.4. The van der Waals surface area contributed by atoms with Crippen LogP contribution in [0.2, 0.25) is 0 Å². The predicted octanol–water partition coefficient (Wildman–Crippen LogP) is -0.381. The Kier molecular flexibility index (Phi) is 4.22. The maximum atomic E-state index is 11.4. The summed E-state index contributed by atoms with van der Waals surface area (Å²) < 4.78 is 21.1. The van der Waals surface area contributed by atoms with Gasteiger partial charge in [-0.25, -0.2) is 4.79 Å². The first-order valence-corrected chi connectivity index (χ1v) is 6.95. The number of hydrogen-bond donors (Lipinski definition) is 3. The molecule has 1 aromatic heterocycles. The molecule has 1 aliphatic rings. The highest BCUT2D eigenvalue weighted by atomic mass is 16.7. The third-order valence-electron chi connectivity index (χ3n) is 3.65. The molecule has 0 radical (unpaired) electrons. The van der Waals surface area contributed by atoms with Crippen molar-refractivity contribution < 1.29 is 33.9 Å². The summed E-state index contributed by atoms with van der Waals surface area (Å²) in [5.41, 5.74) is -0.342. The molecule has 8 heteroatoms. The molecule has 4 unspecified atom stereocenters. The van der Waals surface area contributed by atoms with Crippen LogP contribution in [0.25, 0.3) is 11.0 Å². The van der Waals surface area contributed by atoms with Gasteiger partial charge in [-0.05, 0) is 18.2 Å². The maximum Gasteiger partial charge on any atom is 0.336 e. The van der Waals surface area contributed by atoms with Crippen LogP contribution in [0.15, 0.2) is 33.5 Å². The lowest BCUT2D eigenvalue weighted by Crippen LogP contribution is -2.35. The van der Waals surface area contributed by atoms with Crippen LogP contribution in [0.5, 0.6) is 11.5 Å². The molecule has 0 aliphatic carbocycles. The zero-order chi connectivity index (χ0) is 16.6. The first-order valence-electron chi connectivity index (χ1n) is 6.95. The zero-order valence-electron chi connectivity index (χ0n) is 12.2. The molecule has 2 heterocycles. The minimum absolute atomic E-state index is 0.165. The molecule has 1 aliphatic heterocycles. The van der Waals surface area contributed by atoms with E-state index < -0.39 is 36.8 Å². The van der Waals surface area contributed by atoms with Crippen LogP contribution < -0.4 is 15.1 Å². The molecule has 1 saturated heterocycles. The number of fused-ring (bicyclic) bond motifs is 1. The molecule has 0 amide bonds. The molecule has 3 N–H and O–H groups in total. The number of hydrogen-bond acceptors (Lipinski definition) is 8. The average Bonchev–Trinajstić information content (AvgIpc) is 2.82. The van der Waals surface area contributed by atoms with Gasteiger partial charge in [0.15, 0.2) is 11.3 Å². The highest BCUT2D eigenvalue weighted by molar-refractivity contribution is 5.85. The van der Waals surface area contributed by atoms with Crippen molar-refractivity contribution >= 4 is 11.0 Å². The van der Waals surface area contributed by atoms with Crippen molar-refractivity contribution in [3.63, 3.8) is 0 Å². The van der Waals surface area contributed by atoms with Crippen LogP contribution in [-0.2, 0) is 4.74 Å². The molecule has 2 aromatic rings. The predicted molar refractivity (Wildman–Crippen MR) is 77.4 cm³/mol. The fourth-order valence-corrected chi connectivity index (χ4v) is 2.46. The molecule has 1 aromatic carbocycles. The Balaban J connectivity index is 1.96. The van der Waals surface area contributed by atoms with E-state index in [4.69, 9.17) is 23.7 Å². The number of aliphatic hydroxyl groups is 3. The number of rotatable bonds is 4. The van der Waals surface area contributed by atoms with E-state index in [-0.39, 0.29) is 17.1 Å². The molecule has 1 fully saturated rings. The van der Waals surface area contributed by atoms with Gasteiger partial charge in [0.05, 0.1) is 13.7 Å². The Morgan fingerprint density at radius 2 is 1.91 bits per heavy atom. The van der Waals surface area contributed by atoms with E-state index in [1.165, 1.54) is 13.2 Å². The van der Waals surface area contributed by atoms with Crippen molar-refractivity contribution in [3.05, 3.63) is 34.7 Å². The third-order valence-corrected chi connectivity index (χ3v) is 3.65. The van der Waals surface area contributed by atoms with Crippen LogP contribution in [0.1, 0.15) is 0 Å². The first-order chi connectivity index (χ1) is 11.0. The standard InChI is InChI=1S/C15H16O8/c1-20-14-8(4-2-7-3-5-10(17)23-13(7)14)21-15-12(19)11(18)9(6-16)22-15/h2-5,9,11-12,15-16,18-19H,6H2,1H3. The van der Waals surface area contributed by atoms with E-state index in [2.05, 4.69) is 0 Å². The van der Waals surface area contributed by atoms with Crippen molar-refractivity contribution in [2.24, 2.45) is 0 Å². The normalized spacial score (nSPS) is 27.3. The quantitative estimate of drug-likeness (QED) is 0.651. The van der Waals surface area contributed by atoms with Gasteiger partial charge < -0.3 is 33.9 Å². The second-order valence-electron chi connectivity index (χ2n) is 5.09. The minimum Gasteiger partial charge on any atom is -0.490 e. The summed E-state index contributed by atoms with van der Waals surface area (Å²) in [5, 5.41) is 29.4. The molecular weight excluding hydrogens is 308 g/mol. The lowest BCUT2D eigenvalue weighted by molar-refractivity contribution is -0.117. The summed E-state index contributed by atoms with van der Waals surface area (Å²) in [6.45, 7) is -0.457. The molecule has 23 heavy (non-hydrogen) atoms. The SMILES string of the molecule is COc1c(OC2OC(CO)C(O)C2O)ccc2ccc(=O)oc12. The van der Waals surface area contributed by atoms with Gasteiger partial charge in [0.2, 0.25) is 12.0 Å². The number of aliphatic hydroxyl groups excluding tert-OH is 3. The summed E-state index contributed by atoms with van der Waals surface area (Å²) in [6.07, 6.45) is -4.74. The van der Waals surface area contributed by atoms with Gasteiger partial charge in [-0.1, -0.05) is 0 Å². The number of methoxy groups -OCH3 is 1. The molecule has 0 saturated carbocycles. The van der Waals surface area contributed by atoms with Crippen molar-refractivity contribution in [3.8, 4) is 11.5 Å². The van der Waals surface area contributed by atoms with Crippen molar-refractivity contribution in [1.82, 2.24) is 0 Å². The largest absolute Gasteiger partial charge is 0.490 e. The molecule has 4 atom stereocenters. The Morgan fingerprint density at radius 3 is 2.57 bits per heavy atom. The molecule has 124 valence electrons. The van der Waals surface area contributed by atoms with Crippen LogP contribution >= 0.6 is 0 Å². The van der Waals surface area contributed by atoms with Crippen molar-refractivity contribution in [2.45, 2.75) is 24.6 Å². The topological polar surface area (TPSA) is 119 Å². The molecule has 0 bridgehead atoms. The average molecular weight is 324 g/mol. The van der Waals surface area contributed by atoms with Gasteiger partial charge in [0.25, 0.3) is 0 Å². The minimum atomic E-state index is -1.34. The second-order valence-corrected chi connectivity index (χ2v) is 5.09. The first kappa shape index (κ1) is 15.8. The Hall–Kier alpha value is -2.13. The smallest absolute Gasteiger partial charge is 0.336 e. The highest BCUT2D eigenvalue weighted by Crippen LogP contribution is 2.37. The monoisotopic (exact) mass is 324 g/mol. The molecule has 8 nitrogen and oxygen atoms in total. The van der Waals surface area contributed by atoms with Crippen LogP contribution in [0.4, 0.5) is 0 Å². The van der Waals surface area contributed by atoms with E-state index in [0.29, 0.717) is 5.39 Å². The maximum absolute atomic E-state index is 11.4. The highest BCUT2D eigenvalue weighted by Gasteiger charge is 2.44. The molecular formula is C15H16O8. The van der Waals surface area contributed by atoms with Crippen LogP contribution in [-0.4, -0.2) is 53.6 Å². The van der Waals surface area contributed by atoms with E-state index in [1.807, 2.05) is 0 Å². The van der Waals surface area contributed by atoms with Gasteiger partial charge in [-0.3, -0.25) is 0 Å². The molecule has 3 rings (SSSR count). The fraction of sp³-hybridized carbons (Fsp3) is 0.400. The van der Waals surface area contributed by atoms with E-state index >= 15 is 0 Å². The van der Waals surface area contributed by atoms with Gasteiger partial charge >= 0.3 is 5.63 Å². The summed E-state index contributed by atoms with van der Waals surface area (Å²) in [5.74, 6) is 0.335. The van der Waals surface area contributed by atoms with E-state index in [1.54, 1.807) is 18.2 Å². The Morgan fingerprint density at radius 1 is 1.17 bits per heavy atom. The summed E-state index contributed by atoms with van der Waals surface area (Å²) >= 11 is 0. The summed E-state index contributed by atoms with van der Waals surface area (Å²) in [6, 6.07) is 6.08. The zero-order valence-corrected chi connectivity index (χ0v) is 12.2. The third kappa shape index (κ3) is 2.77. The van der Waals surface area contributed by atoms with E-state index in [9.17, 15) is 15.0 Å². The van der Waals surface area contributed by atoms with Crippen molar-refractivity contribution in [1.29, 1.82) is 0 Å².